The lowest BCUT2D eigenvalue weighted by molar-refractivity contribution is -0.116. The lowest BCUT2D eigenvalue weighted by atomic mass is 10.1. The number of hydrogen-bond acceptors (Lipinski definition) is 6. The third-order valence-corrected chi connectivity index (χ3v) is 6.06. The third kappa shape index (κ3) is 3.56. The van der Waals surface area contributed by atoms with Gasteiger partial charge in [-0.15, -0.1) is 11.7 Å². The summed E-state index contributed by atoms with van der Waals surface area (Å²) in [6.45, 7) is 3.72. The highest BCUT2D eigenvalue weighted by molar-refractivity contribution is 8.14. The minimum absolute atomic E-state index is 0.230. The number of thioether (sulfide) groups is 1. The van der Waals surface area contributed by atoms with Crippen LogP contribution in [0, 0.1) is 0 Å². The molecule has 1 atom stereocenters. The maximum atomic E-state index is 13.0. The molecule has 0 saturated heterocycles. The molecule has 0 radical (unpaired) electrons. The van der Waals surface area contributed by atoms with E-state index in [2.05, 4.69) is 17.0 Å². The Morgan fingerprint density at radius 1 is 1.16 bits per heavy atom. The molecule has 0 aliphatic carbocycles. The Morgan fingerprint density at radius 2 is 1.97 bits per heavy atom. The van der Waals surface area contributed by atoms with Gasteiger partial charge in [0.1, 0.15) is 11.5 Å². The number of amidine groups is 1. The number of carbonyl (C=O) groups is 1. The Bertz CT molecular complexity index is 1350. The molecule has 2 aromatic carbocycles. The summed E-state index contributed by atoms with van der Waals surface area (Å²) in [6, 6.07) is 18.7. The van der Waals surface area contributed by atoms with Crippen LogP contribution < -0.4 is 15.9 Å². The highest BCUT2D eigenvalue weighted by Gasteiger charge is 2.35. The van der Waals surface area contributed by atoms with Gasteiger partial charge in [-0.3, -0.25) is 10.1 Å². The van der Waals surface area contributed by atoms with Crippen molar-refractivity contribution in [2.75, 3.05) is 5.75 Å². The van der Waals surface area contributed by atoms with Gasteiger partial charge in [0.25, 0.3) is 5.91 Å². The zero-order valence-electron chi connectivity index (χ0n) is 16.3. The van der Waals surface area contributed by atoms with Gasteiger partial charge in [0.05, 0.1) is 10.4 Å². The number of furan rings is 1. The number of halogens is 1. The Kier molecular flexibility index (Phi) is 5.13. The summed E-state index contributed by atoms with van der Waals surface area (Å²) < 4.78 is 6.15. The van der Waals surface area contributed by atoms with E-state index in [0.29, 0.717) is 38.5 Å². The van der Waals surface area contributed by atoms with Gasteiger partial charge in [0.15, 0.2) is 10.9 Å². The van der Waals surface area contributed by atoms with Gasteiger partial charge in [0.2, 0.25) is 6.17 Å². The van der Waals surface area contributed by atoms with Crippen molar-refractivity contribution in [2.45, 2.75) is 6.17 Å². The van der Waals surface area contributed by atoms with Gasteiger partial charge in [-0.05, 0) is 30.3 Å². The van der Waals surface area contributed by atoms with Crippen LogP contribution in [-0.2, 0) is 4.79 Å². The number of benzene rings is 2. The number of para-hydroxylation sites is 1. The first-order chi connectivity index (χ1) is 15.2. The topological polar surface area (TPSA) is 70.2 Å². The maximum absolute atomic E-state index is 13.0. The van der Waals surface area contributed by atoms with Crippen LogP contribution >= 0.6 is 23.4 Å². The molecular formula is C23H17ClN4O2S. The van der Waals surface area contributed by atoms with Gasteiger partial charge in [-0.1, -0.05) is 59.8 Å². The molecule has 31 heavy (non-hydrogen) atoms. The molecule has 6 nitrogen and oxygen atoms in total. The number of amides is 1. The normalized spacial score (nSPS) is 17.3. The van der Waals surface area contributed by atoms with Crippen LogP contribution in [0.2, 0.25) is 5.02 Å². The van der Waals surface area contributed by atoms with E-state index in [0.717, 1.165) is 10.8 Å². The Labute approximate surface area is 187 Å². The summed E-state index contributed by atoms with van der Waals surface area (Å²) in [5, 5.41) is 11.7. The van der Waals surface area contributed by atoms with E-state index in [1.54, 1.807) is 11.1 Å². The average molecular weight is 449 g/mol. The van der Waals surface area contributed by atoms with Gasteiger partial charge in [-0.2, -0.15) is 0 Å². The minimum atomic E-state index is -0.619. The monoisotopic (exact) mass is 448 g/mol. The van der Waals surface area contributed by atoms with E-state index in [1.807, 2.05) is 60.7 Å². The maximum Gasteiger partial charge on any atom is 0.276 e. The number of nitrogens with one attached hydrogen (secondary N) is 1. The molecule has 1 aromatic heterocycles. The zero-order chi connectivity index (χ0) is 21.4. The fraction of sp³-hybridized carbons (Fsp3) is 0.0870. The summed E-state index contributed by atoms with van der Waals surface area (Å²) in [5.41, 5.74) is 1.23. The predicted molar refractivity (Wildman–Crippen MR) is 123 cm³/mol. The van der Waals surface area contributed by atoms with Crippen LogP contribution in [0.3, 0.4) is 0 Å². The molecule has 8 heteroatoms. The van der Waals surface area contributed by atoms with Crippen LogP contribution in [0.4, 0.5) is 0 Å². The quantitative estimate of drug-likeness (QED) is 0.618. The van der Waals surface area contributed by atoms with Crippen molar-refractivity contribution < 1.29 is 9.21 Å². The van der Waals surface area contributed by atoms with E-state index in [9.17, 15) is 4.79 Å². The van der Waals surface area contributed by atoms with E-state index in [1.165, 1.54) is 11.8 Å². The summed E-state index contributed by atoms with van der Waals surface area (Å²) in [5.74, 6) is 1.58. The van der Waals surface area contributed by atoms with Crippen LogP contribution in [0.1, 0.15) is 11.9 Å². The Balaban J connectivity index is 1.64. The molecule has 0 bridgehead atoms. The number of rotatable bonds is 4. The lowest BCUT2D eigenvalue weighted by Crippen LogP contribution is -2.50. The number of carbonyl (C=O) groups excluding carboxylic acids is 1. The molecule has 0 spiro atoms. The van der Waals surface area contributed by atoms with Crippen molar-refractivity contribution in [3.05, 3.63) is 94.7 Å². The second-order valence-corrected chi connectivity index (χ2v) is 8.27. The highest BCUT2D eigenvalue weighted by Crippen LogP contribution is 2.35. The number of hydrazone groups is 1. The van der Waals surface area contributed by atoms with Gasteiger partial charge >= 0.3 is 0 Å². The first kappa shape index (κ1) is 19.7. The molecule has 1 unspecified atom stereocenters. The van der Waals surface area contributed by atoms with Crippen LogP contribution in [-0.4, -0.2) is 21.8 Å². The molecule has 1 amide bonds. The standard InChI is InChI=1S/C23H17ClN4O2S/c1-2-13-31-23-26-22(29)20-15-8-4-6-10-17(15)25-21(28(20)27-23)19-12-11-18(30-19)14-7-3-5-9-16(14)24/h2-12,21H,1,13H2,(H,26,27,29). The van der Waals surface area contributed by atoms with E-state index < -0.39 is 6.17 Å². The summed E-state index contributed by atoms with van der Waals surface area (Å²) in [4.78, 5) is 17.9. The van der Waals surface area contributed by atoms with Crippen molar-refractivity contribution in [1.82, 2.24) is 10.3 Å². The lowest BCUT2D eigenvalue weighted by Gasteiger charge is -2.32. The number of hydrogen-bond donors (Lipinski definition) is 1. The van der Waals surface area contributed by atoms with E-state index in [-0.39, 0.29) is 5.91 Å². The van der Waals surface area contributed by atoms with Crippen LogP contribution in [0.25, 0.3) is 17.0 Å². The summed E-state index contributed by atoms with van der Waals surface area (Å²) in [6.07, 6.45) is 1.14. The summed E-state index contributed by atoms with van der Waals surface area (Å²) in [7, 11) is 0. The fourth-order valence-electron chi connectivity index (χ4n) is 3.51. The number of nitrogens with zero attached hydrogens (tertiary/aromatic N) is 3. The summed E-state index contributed by atoms with van der Waals surface area (Å²) >= 11 is 7.73. The Hall–Kier alpha value is -3.29. The SMILES string of the molecule is C=CCSC1=NN2C(=c3ccccc3=NC2c2ccc(-c3ccccc3Cl)o2)C(=O)N1. The van der Waals surface area contributed by atoms with E-state index >= 15 is 0 Å². The zero-order valence-corrected chi connectivity index (χ0v) is 17.9. The Morgan fingerprint density at radius 3 is 2.81 bits per heavy atom. The van der Waals surface area contributed by atoms with Crippen molar-refractivity contribution in [1.29, 1.82) is 0 Å². The minimum Gasteiger partial charge on any atom is -0.457 e. The molecular weight excluding hydrogens is 432 g/mol. The molecule has 2 aliphatic heterocycles. The van der Waals surface area contributed by atoms with Gasteiger partial charge in [-0.25, -0.2) is 10.0 Å². The average Bonchev–Trinajstić information content (AvgIpc) is 3.27. The highest BCUT2D eigenvalue weighted by atomic mass is 35.5. The molecule has 0 saturated carbocycles. The van der Waals surface area contributed by atoms with Crippen molar-refractivity contribution in [3.63, 3.8) is 0 Å². The fourth-order valence-corrected chi connectivity index (χ4v) is 4.33. The molecule has 3 heterocycles. The second-order valence-electron chi connectivity index (χ2n) is 6.85. The molecule has 154 valence electrons. The van der Waals surface area contributed by atoms with Gasteiger partial charge < -0.3 is 4.42 Å². The van der Waals surface area contributed by atoms with Crippen molar-refractivity contribution in [3.8, 4) is 11.3 Å². The largest absolute Gasteiger partial charge is 0.457 e. The first-order valence-electron chi connectivity index (χ1n) is 9.60. The molecule has 0 fully saturated rings. The van der Waals surface area contributed by atoms with E-state index in [4.69, 9.17) is 21.0 Å². The van der Waals surface area contributed by atoms with Crippen molar-refractivity contribution >= 4 is 40.1 Å². The van der Waals surface area contributed by atoms with Gasteiger partial charge in [0, 0.05) is 16.5 Å². The number of fused-ring (bicyclic) bond motifs is 2. The molecule has 2 aliphatic rings. The molecule has 1 N–H and O–H groups in total. The molecule has 3 aromatic rings. The second kappa shape index (κ2) is 8.09. The first-order valence-corrected chi connectivity index (χ1v) is 11.0. The third-order valence-electron chi connectivity index (χ3n) is 4.87. The molecule has 5 rings (SSSR count). The predicted octanol–water partition coefficient (Wildman–Crippen LogP) is 3.66. The smallest absolute Gasteiger partial charge is 0.276 e. The van der Waals surface area contributed by atoms with Crippen LogP contribution in [0.15, 0.2) is 87.8 Å². The van der Waals surface area contributed by atoms with Crippen molar-refractivity contribution in [2.24, 2.45) is 10.1 Å². The van der Waals surface area contributed by atoms with Crippen LogP contribution in [0.5, 0.6) is 0 Å².